The van der Waals surface area contributed by atoms with Crippen LogP contribution in [0, 0.1) is 73.9 Å². The van der Waals surface area contributed by atoms with Gasteiger partial charge in [-0.3, -0.25) is 0 Å². The molecule has 3 atom stereocenters. The van der Waals surface area contributed by atoms with E-state index in [9.17, 15) is 46.0 Å². The maximum absolute atomic E-state index is 14.2. The van der Waals surface area contributed by atoms with Gasteiger partial charge in [0.1, 0.15) is 73.0 Å². The van der Waals surface area contributed by atoms with Crippen LogP contribution in [0.2, 0.25) is 0 Å². The molecule has 21 heteroatoms. The first kappa shape index (κ1) is 60.5. The molecule has 0 N–H and O–H groups in total. The lowest BCUT2D eigenvalue weighted by Gasteiger charge is -2.32. The Morgan fingerprint density at radius 1 is 0.447 bits per heavy atom. The standard InChI is InChI=1S/C55H67N9O6S6/c1-71-16-19-74-38-22-41(44(28-56)50(25-38)62-10-4-5-11-62)47(31-59)53(65)68-34-37(35-69-54(66)48(32-60)42-23-39(75-20-17-72-2)26-51(45(42)29-57)63-12-6-7-13-63)36-70-55(67)49(33-61)43-24-40(76-21-18-73-3)27-52(46(43)30-58)64-14-8-9-15-64/h37-40H,4-27,34-36H2,1-3H3/b47-41+,48-42+,49-43+. The molecule has 0 aromatic heterocycles. The second-order valence-corrected chi connectivity index (χ2v) is 26.3. The van der Waals surface area contributed by atoms with Crippen molar-refractivity contribution in [3.05, 3.63) is 67.2 Å². The number of hydrogen-bond donors (Lipinski definition) is 0. The summed E-state index contributed by atoms with van der Waals surface area (Å²) in [6, 6.07) is 13.1. The van der Waals surface area contributed by atoms with E-state index in [-0.39, 0.29) is 32.5 Å². The zero-order valence-corrected chi connectivity index (χ0v) is 48.7. The molecule has 0 aromatic carbocycles. The number of carbonyl (C=O) groups is 3. The molecule has 404 valence electrons. The van der Waals surface area contributed by atoms with E-state index in [2.05, 4.69) is 32.9 Å². The maximum Gasteiger partial charge on any atom is 0.349 e. The van der Waals surface area contributed by atoms with Crippen molar-refractivity contribution < 1.29 is 28.6 Å². The fourth-order valence-corrected chi connectivity index (χ4v) is 16.3. The molecule has 3 heterocycles. The summed E-state index contributed by atoms with van der Waals surface area (Å²) in [4.78, 5) is 49.2. The van der Waals surface area contributed by atoms with Crippen LogP contribution in [-0.4, -0.2) is 161 Å². The Kier molecular flexibility index (Phi) is 25.2. The molecule has 6 rings (SSSR count). The van der Waals surface area contributed by atoms with Crippen LogP contribution in [0.25, 0.3) is 0 Å². The lowest BCUT2D eigenvalue weighted by atomic mass is 9.87. The Hall–Kier alpha value is -4.71. The monoisotopic (exact) mass is 1140 g/mol. The number of carbonyl (C=O) groups excluding carboxylic acids is 3. The Balaban J connectivity index is 1.32. The molecular weight excluding hydrogens is 1080 g/mol. The minimum atomic E-state index is -1.08. The van der Waals surface area contributed by atoms with Gasteiger partial charge in [0.25, 0.3) is 0 Å². The number of thioether (sulfide) groups is 6. The van der Waals surface area contributed by atoms with E-state index in [1.165, 1.54) is 0 Å². The quantitative estimate of drug-likeness (QED) is 0.0288. The van der Waals surface area contributed by atoms with Gasteiger partial charge < -0.3 is 28.9 Å². The normalized spacial score (nSPS) is 23.2. The van der Waals surface area contributed by atoms with Crippen LogP contribution < -0.4 is 0 Å². The molecule has 0 aromatic rings. The summed E-state index contributed by atoms with van der Waals surface area (Å²) in [5, 5.41) is 63.7. The van der Waals surface area contributed by atoms with Gasteiger partial charge in [0.2, 0.25) is 0 Å². The third kappa shape index (κ3) is 16.0. The molecule has 3 unspecified atom stereocenters. The Morgan fingerprint density at radius 2 is 0.711 bits per heavy atom. The number of hydrogen-bond acceptors (Lipinski definition) is 21. The summed E-state index contributed by atoms with van der Waals surface area (Å²) >= 11 is 10.4. The molecule has 0 spiro atoms. The Bertz CT molecular complexity index is 2330. The predicted molar refractivity (Wildman–Crippen MR) is 306 cm³/mol. The van der Waals surface area contributed by atoms with Crippen LogP contribution in [0.3, 0.4) is 0 Å². The summed E-state index contributed by atoms with van der Waals surface area (Å²) in [6.45, 7) is 3.04. The van der Waals surface area contributed by atoms with Crippen molar-refractivity contribution >= 4 is 88.5 Å². The number of nitrogens with zero attached hydrogens (tertiary/aromatic N) is 9. The van der Waals surface area contributed by atoms with Crippen LogP contribution in [0.15, 0.2) is 67.2 Å². The number of allylic oxidation sites excluding steroid dienone is 9. The molecule has 0 amide bonds. The first-order valence-corrected chi connectivity index (χ1v) is 33.3. The minimum absolute atomic E-state index is 0.0110. The molecule has 0 saturated carbocycles. The summed E-state index contributed by atoms with van der Waals surface area (Å²) in [6.07, 6.45) is 14.7. The lowest BCUT2D eigenvalue weighted by Crippen LogP contribution is -2.30. The second-order valence-electron chi connectivity index (χ2n) is 19.1. The van der Waals surface area contributed by atoms with Gasteiger partial charge in [-0.2, -0.15) is 102 Å². The highest BCUT2D eigenvalue weighted by Crippen LogP contribution is 2.43. The van der Waals surface area contributed by atoms with E-state index in [0.717, 1.165) is 129 Å². The molecule has 0 radical (unpaired) electrons. The van der Waals surface area contributed by atoms with Gasteiger partial charge in [-0.15, -0.1) is 0 Å². The summed E-state index contributed by atoms with van der Waals surface area (Å²) in [7, 11) is 0. The fourth-order valence-electron chi connectivity index (χ4n) is 10.5. The van der Waals surface area contributed by atoms with E-state index < -0.39 is 43.6 Å². The van der Waals surface area contributed by atoms with Gasteiger partial charge in [0, 0.05) is 126 Å². The van der Waals surface area contributed by atoms with E-state index in [1.54, 1.807) is 70.6 Å². The lowest BCUT2D eigenvalue weighted by molar-refractivity contribution is -0.148. The third-order valence-electron chi connectivity index (χ3n) is 14.3. The summed E-state index contributed by atoms with van der Waals surface area (Å²) in [5.41, 5.74) is 3.33. The first-order valence-electron chi connectivity index (χ1n) is 26.0. The molecule has 3 fully saturated rings. The zero-order chi connectivity index (χ0) is 54.4. The zero-order valence-electron chi connectivity index (χ0n) is 43.8. The molecule has 76 heavy (non-hydrogen) atoms. The molecule has 15 nitrogen and oxygen atoms in total. The van der Waals surface area contributed by atoms with Gasteiger partial charge in [-0.1, -0.05) is 0 Å². The number of likely N-dealkylation sites (tertiary alicyclic amines) is 3. The van der Waals surface area contributed by atoms with Crippen LogP contribution in [0.1, 0.15) is 77.0 Å². The van der Waals surface area contributed by atoms with Crippen molar-refractivity contribution in [2.45, 2.75) is 92.8 Å². The van der Waals surface area contributed by atoms with E-state index in [0.29, 0.717) is 72.0 Å². The van der Waals surface area contributed by atoms with Crippen molar-refractivity contribution in [3.63, 3.8) is 0 Å². The fraction of sp³-hybridized carbons (Fsp3) is 0.618. The maximum atomic E-state index is 14.2. The molecule has 6 aliphatic rings. The second kappa shape index (κ2) is 31.6. The summed E-state index contributed by atoms with van der Waals surface area (Å²) in [5.74, 6) is 1.22. The molecule has 0 bridgehead atoms. The minimum Gasteiger partial charge on any atom is -0.461 e. The van der Waals surface area contributed by atoms with Gasteiger partial charge in [-0.25, -0.2) is 14.4 Å². The number of esters is 3. The van der Waals surface area contributed by atoms with Crippen LogP contribution >= 0.6 is 70.6 Å². The van der Waals surface area contributed by atoms with Crippen LogP contribution in [0.4, 0.5) is 0 Å². The predicted octanol–water partition coefficient (Wildman–Crippen LogP) is 9.09. The van der Waals surface area contributed by atoms with Crippen molar-refractivity contribution in [3.8, 4) is 36.4 Å². The molecule has 3 aliphatic carbocycles. The Labute approximate surface area is 474 Å². The van der Waals surface area contributed by atoms with E-state index in [1.807, 2.05) is 37.0 Å². The number of nitriles is 6. The van der Waals surface area contributed by atoms with Gasteiger partial charge in [-0.05, 0) is 93.3 Å². The van der Waals surface area contributed by atoms with Crippen molar-refractivity contribution in [1.29, 1.82) is 31.6 Å². The van der Waals surface area contributed by atoms with Crippen LogP contribution in [-0.2, 0) is 28.6 Å². The van der Waals surface area contributed by atoms with Crippen molar-refractivity contribution in [2.75, 3.05) is 112 Å². The third-order valence-corrected chi connectivity index (χ3v) is 20.6. The molecular formula is C55H67N9O6S6. The smallest absolute Gasteiger partial charge is 0.349 e. The van der Waals surface area contributed by atoms with Crippen molar-refractivity contribution in [1.82, 2.24) is 14.7 Å². The van der Waals surface area contributed by atoms with Crippen molar-refractivity contribution in [2.24, 2.45) is 5.92 Å². The highest BCUT2D eigenvalue weighted by Gasteiger charge is 2.37. The molecule has 3 saturated heterocycles. The van der Waals surface area contributed by atoms with Gasteiger partial charge in [0.15, 0.2) is 0 Å². The average Bonchev–Trinajstić information content (AvgIpc) is 4.28. The highest BCUT2D eigenvalue weighted by atomic mass is 32.2. The number of rotatable bonds is 24. The number of ether oxygens (including phenoxy) is 3. The van der Waals surface area contributed by atoms with Crippen LogP contribution in [0.5, 0.6) is 0 Å². The largest absolute Gasteiger partial charge is 0.461 e. The van der Waals surface area contributed by atoms with Gasteiger partial charge >= 0.3 is 17.9 Å². The first-order chi connectivity index (χ1) is 37.1. The highest BCUT2D eigenvalue weighted by molar-refractivity contribution is 8.03. The average molecular weight is 1140 g/mol. The topological polar surface area (TPSA) is 231 Å². The van der Waals surface area contributed by atoms with E-state index >= 15 is 0 Å². The molecule has 3 aliphatic heterocycles. The van der Waals surface area contributed by atoms with Gasteiger partial charge in [0.05, 0.1) is 22.6 Å². The Morgan fingerprint density at radius 3 is 0.934 bits per heavy atom. The van der Waals surface area contributed by atoms with E-state index in [4.69, 9.17) is 14.2 Å². The summed E-state index contributed by atoms with van der Waals surface area (Å²) < 4.78 is 17.6. The SMILES string of the molecule is CSCCSC1CC(N2CCCC2)=C(C#N)/C(=C(\C#N)C(=O)OCC(COC(=O)/C(C#N)=C2\CC(SCCSC)CC(N3CCCC3)=C2C#N)COC(=O)/C(C#N)=C2\CC(SCCSC)CC(N3CCCC3)=C2C#N)C1.